The Hall–Kier alpha value is 0.906. The summed E-state index contributed by atoms with van der Waals surface area (Å²) in [5.41, 5.74) is 0. The van der Waals surface area contributed by atoms with Crippen molar-refractivity contribution in [3.05, 3.63) is 10.7 Å². The fourth-order valence-corrected chi connectivity index (χ4v) is 1.06. The minimum Gasteiger partial charge on any atom is -0.413 e. The first kappa shape index (κ1) is 12.9. The fraction of sp³-hybridized carbons (Fsp3) is 0.333. The standard InChI is InChI=1S/C3H4N2O4S2.K/c6-11(7,8)1-2-4-5-3(10)9-2;/h1H2,(H,5,10)(H,6,7,8);/q;+1. The van der Waals surface area contributed by atoms with Crippen LogP contribution in [-0.2, 0) is 15.9 Å². The van der Waals surface area contributed by atoms with E-state index in [0.29, 0.717) is 0 Å². The second kappa shape index (κ2) is 4.95. The van der Waals surface area contributed by atoms with E-state index in [1.54, 1.807) is 0 Å². The Balaban J connectivity index is 0.00000121. The summed E-state index contributed by atoms with van der Waals surface area (Å²) in [6.07, 6.45) is 0. The summed E-state index contributed by atoms with van der Waals surface area (Å²) in [6.45, 7) is 0. The van der Waals surface area contributed by atoms with Crippen molar-refractivity contribution in [2.24, 2.45) is 0 Å². The molecule has 0 saturated carbocycles. The van der Waals surface area contributed by atoms with Crippen LogP contribution >= 0.6 is 12.2 Å². The molecule has 1 rings (SSSR count). The van der Waals surface area contributed by atoms with Crippen molar-refractivity contribution in [2.45, 2.75) is 5.75 Å². The van der Waals surface area contributed by atoms with Crippen LogP contribution in [0.15, 0.2) is 4.42 Å². The van der Waals surface area contributed by atoms with Gasteiger partial charge in [-0.25, -0.2) is 5.10 Å². The normalized spacial score (nSPS) is 10.8. The fourth-order valence-electron chi connectivity index (χ4n) is 0.478. The zero-order chi connectivity index (χ0) is 8.48. The van der Waals surface area contributed by atoms with Gasteiger partial charge in [-0.1, -0.05) is 0 Å². The summed E-state index contributed by atoms with van der Waals surface area (Å²) in [5.74, 6) is -0.822. The predicted molar refractivity (Wildman–Crippen MR) is 36.9 cm³/mol. The van der Waals surface area contributed by atoms with E-state index in [-0.39, 0.29) is 62.1 Å². The van der Waals surface area contributed by atoms with Crippen molar-refractivity contribution in [2.75, 3.05) is 0 Å². The van der Waals surface area contributed by atoms with Gasteiger partial charge in [-0.15, -0.1) is 5.10 Å². The summed E-state index contributed by atoms with van der Waals surface area (Å²) in [5, 5.41) is 5.58. The number of hydrogen-bond acceptors (Lipinski definition) is 5. The largest absolute Gasteiger partial charge is 1.00 e. The van der Waals surface area contributed by atoms with E-state index < -0.39 is 15.9 Å². The molecule has 6 nitrogen and oxygen atoms in total. The third-order valence-electron chi connectivity index (χ3n) is 0.788. The van der Waals surface area contributed by atoms with Gasteiger partial charge in [0.2, 0.25) is 5.89 Å². The maximum absolute atomic E-state index is 10.2. The molecular weight excluding hydrogens is 231 g/mol. The van der Waals surface area contributed by atoms with Gasteiger partial charge in [0.25, 0.3) is 15.0 Å². The van der Waals surface area contributed by atoms with E-state index >= 15 is 0 Å². The van der Waals surface area contributed by atoms with Gasteiger partial charge in [0.1, 0.15) is 0 Å². The molecule has 0 aliphatic carbocycles. The number of aromatic nitrogens is 2. The molecule has 0 saturated heterocycles. The predicted octanol–water partition coefficient (Wildman–Crippen LogP) is -2.88. The number of nitrogens with zero attached hydrogens (tertiary/aromatic N) is 1. The molecule has 0 aliphatic rings. The summed E-state index contributed by atoms with van der Waals surface area (Å²) >= 11 is 4.46. The van der Waals surface area contributed by atoms with E-state index in [9.17, 15) is 8.42 Å². The minimum atomic E-state index is -4.09. The average molecular weight is 235 g/mol. The average Bonchev–Trinajstić information content (AvgIpc) is 2.10. The van der Waals surface area contributed by atoms with Crippen LogP contribution in [0.3, 0.4) is 0 Å². The first-order chi connectivity index (χ1) is 4.97. The Labute approximate surface area is 116 Å². The van der Waals surface area contributed by atoms with Crippen LogP contribution in [0, 0.1) is 4.84 Å². The van der Waals surface area contributed by atoms with Gasteiger partial charge in [0, 0.05) is 0 Å². The molecule has 2 N–H and O–H groups in total. The van der Waals surface area contributed by atoms with Crippen LogP contribution in [0.25, 0.3) is 0 Å². The molecule has 1 heterocycles. The van der Waals surface area contributed by atoms with E-state index in [1.807, 2.05) is 0 Å². The molecule has 0 aliphatic heterocycles. The van der Waals surface area contributed by atoms with Crippen molar-refractivity contribution in [1.82, 2.24) is 10.2 Å². The Kier molecular flexibility index (Phi) is 5.33. The third-order valence-corrected chi connectivity index (χ3v) is 1.57. The number of hydrogen-bond donors (Lipinski definition) is 2. The van der Waals surface area contributed by atoms with E-state index in [4.69, 9.17) is 4.55 Å². The van der Waals surface area contributed by atoms with Gasteiger partial charge in [-0.2, -0.15) is 8.42 Å². The van der Waals surface area contributed by atoms with Crippen LogP contribution in [0.2, 0.25) is 0 Å². The summed E-state index contributed by atoms with van der Waals surface area (Å²) in [7, 11) is -4.09. The van der Waals surface area contributed by atoms with Gasteiger partial charge in [-0.05, 0) is 12.2 Å². The van der Waals surface area contributed by atoms with Crippen LogP contribution in [0.4, 0.5) is 0 Å². The first-order valence-electron chi connectivity index (χ1n) is 2.47. The van der Waals surface area contributed by atoms with Gasteiger partial charge >= 0.3 is 51.4 Å². The topological polar surface area (TPSA) is 96.2 Å². The number of nitrogens with one attached hydrogen (secondary N) is 1. The molecule has 0 spiro atoms. The Morgan fingerprint density at radius 1 is 1.67 bits per heavy atom. The summed E-state index contributed by atoms with van der Waals surface area (Å²) in [6, 6.07) is 0. The molecular formula is C3H4KN2O4S2+. The number of rotatable bonds is 2. The molecule has 0 radical (unpaired) electrons. The van der Waals surface area contributed by atoms with Crippen LogP contribution in [-0.4, -0.2) is 23.2 Å². The maximum atomic E-state index is 10.2. The molecule has 0 amide bonds. The minimum absolute atomic E-state index is 0. The number of H-pyrrole nitrogens is 1. The Morgan fingerprint density at radius 3 is 2.58 bits per heavy atom. The molecule has 12 heavy (non-hydrogen) atoms. The van der Waals surface area contributed by atoms with Crippen molar-refractivity contribution in [1.29, 1.82) is 0 Å². The van der Waals surface area contributed by atoms with Crippen molar-refractivity contribution >= 4 is 22.3 Å². The quantitative estimate of drug-likeness (QED) is 0.325. The molecule has 62 valence electrons. The molecule has 0 atom stereocenters. The second-order valence-electron chi connectivity index (χ2n) is 1.73. The summed E-state index contributed by atoms with van der Waals surface area (Å²) in [4.78, 5) is -0.0244. The van der Waals surface area contributed by atoms with E-state index in [1.165, 1.54) is 0 Å². The number of aromatic amines is 1. The van der Waals surface area contributed by atoms with Gasteiger partial charge in [0.05, 0.1) is 0 Å². The smallest absolute Gasteiger partial charge is 0.413 e. The molecule has 0 unspecified atom stereocenters. The maximum Gasteiger partial charge on any atom is 1.00 e. The van der Waals surface area contributed by atoms with Gasteiger partial charge in [0.15, 0.2) is 5.75 Å². The molecule has 1 aromatic rings. The molecule has 9 heteroatoms. The zero-order valence-corrected chi connectivity index (χ0v) is 10.9. The molecule has 0 bridgehead atoms. The SMILES string of the molecule is O=S(=O)(O)Cc1n[nH]c(=S)o1.[K+]. The van der Waals surface area contributed by atoms with Crippen molar-refractivity contribution in [3.63, 3.8) is 0 Å². The Morgan fingerprint density at radius 2 is 2.25 bits per heavy atom. The van der Waals surface area contributed by atoms with E-state index in [2.05, 4.69) is 26.8 Å². The molecule has 1 aromatic heterocycles. The van der Waals surface area contributed by atoms with Gasteiger partial charge in [-0.3, -0.25) is 4.55 Å². The third kappa shape index (κ3) is 4.82. The van der Waals surface area contributed by atoms with E-state index in [0.717, 1.165) is 0 Å². The zero-order valence-electron chi connectivity index (χ0n) is 6.14. The van der Waals surface area contributed by atoms with Crippen LogP contribution in [0.1, 0.15) is 5.89 Å². The monoisotopic (exact) mass is 235 g/mol. The Bertz CT molecular complexity index is 392. The van der Waals surface area contributed by atoms with Crippen molar-refractivity contribution in [3.8, 4) is 0 Å². The summed E-state index contributed by atoms with van der Waals surface area (Å²) < 4.78 is 33.3. The van der Waals surface area contributed by atoms with Crippen LogP contribution < -0.4 is 51.4 Å². The molecule has 0 aromatic carbocycles. The first-order valence-corrected chi connectivity index (χ1v) is 4.49. The van der Waals surface area contributed by atoms with Gasteiger partial charge < -0.3 is 4.42 Å². The molecule has 0 fully saturated rings. The van der Waals surface area contributed by atoms with Crippen molar-refractivity contribution < 1.29 is 68.8 Å². The van der Waals surface area contributed by atoms with Crippen LogP contribution in [0.5, 0.6) is 0 Å². The second-order valence-corrected chi connectivity index (χ2v) is 3.56.